The minimum Gasteiger partial charge on any atom is -0.383 e. The Morgan fingerprint density at radius 3 is 2.82 bits per heavy atom. The van der Waals surface area contributed by atoms with E-state index >= 15 is 0 Å². The zero-order valence-electron chi connectivity index (χ0n) is 11.4. The van der Waals surface area contributed by atoms with Gasteiger partial charge in [-0.1, -0.05) is 13.3 Å². The zero-order valence-corrected chi connectivity index (χ0v) is 11.4. The van der Waals surface area contributed by atoms with Gasteiger partial charge in [0.05, 0.1) is 12.6 Å². The Balaban J connectivity index is 2.56. The summed E-state index contributed by atoms with van der Waals surface area (Å²) in [5.74, 6) is 0.246. The van der Waals surface area contributed by atoms with Crippen LogP contribution in [0.25, 0.3) is 0 Å². The highest BCUT2D eigenvalue weighted by atomic mass is 16.5. The summed E-state index contributed by atoms with van der Waals surface area (Å²) in [5.41, 5.74) is 0. The Hall–Kier alpha value is -0.610. The highest BCUT2D eigenvalue weighted by Crippen LogP contribution is 2.13. The van der Waals surface area contributed by atoms with Crippen LogP contribution < -0.4 is 5.32 Å². The van der Waals surface area contributed by atoms with E-state index in [1.54, 1.807) is 7.11 Å². The molecule has 1 rings (SSSR count). The monoisotopic (exact) mass is 242 g/mol. The summed E-state index contributed by atoms with van der Waals surface area (Å²) in [6.07, 6.45) is 4.30. The van der Waals surface area contributed by atoms with Crippen LogP contribution >= 0.6 is 0 Å². The van der Waals surface area contributed by atoms with Gasteiger partial charge in [-0.2, -0.15) is 0 Å². The largest absolute Gasteiger partial charge is 0.383 e. The van der Waals surface area contributed by atoms with Crippen molar-refractivity contribution in [3.05, 3.63) is 0 Å². The molecule has 0 aromatic heterocycles. The summed E-state index contributed by atoms with van der Waals surface area (Å²) in [6, 6.07) is 0.316. The zero-order chi connectivity index (χ0) is 12.7. The van der Waals surface area contributed by atoms with E-state index in [2.05, 4.69) is 19.2 Å². The Morgan fingerprint density at radius 2 is 2.29 bits per heavy atom. The maximum Gasteiger partial charge on any atom is 0.240 e. The lowest BCUT2D eigenvalue weighted by Crippen LogP contribution is -2.52. The van der Waals surface area contributed by atoms with E-state index in [-0.39, 0.29) is 11.9 Å². The molecule has 100 valence electrons. The first-order valence-corrected chi connectivity index (χ1v) is 6.73. The topological polar surface area (TPSA) is 41.6 Å². The Morgan fingerprint density at radius 1 is 1.53 bits per heavy atom. The Labute approximate surface area is 105 Å². The third kappa shape index (κ3) is 4.28. The molecule has 2 atom stereocenters. The van der Waals surface area contributed by atoms with Gasteiger partial charge in [0.2, 0.25) is 5.91 Å². The molecule has 1 fully saturated rings. The number of rotatable bonds is 6. The third-order valence-corrected chi connectivity index (χ3v) is 3.55. The van der Waals surface area contributed by atoms with E-state index in [0.29, 0.717) is 19.2 Å². The molecule has 1 unspecified atom stereocenters. The fourth-order valence-electron chi connectivity index (χ4n) is 2.22. The molecule has 0 radical (unpaired) electrons. The smallest absolute Gasteiger partial charge is 0.240 e. The van der Waals surface area contributed by atoms with E-state index in [9.17, 15) is 4.79 Å². The van der Waals surface area contributed by atoms with Crippen LogP contribution in [0.2, 0.25) is 0 Å². The molecule has 1 aliphatic rings. The van der Waals surface area contributed by atoms with Crippen molar-refractivity contribution in [3.63, 3.8) is 0 Å². The molecule has 1 heterocycles. The van der Waals surface area contributed by atoms with Crippen molar-refractivity contribution in [3.8, 4) is 0 Å². The van der Waals surface area contributed by atoms with Gasteiger partial charge in [-0.15, -0.1) is 0 Å². The van der Waals surface area contributed by atoms with Crippen LogP contribution in [0.3, 0.4) is 0 Å². The molecule has 4 heteroatoms. The molecule has 4 nitrogen and oxygen atoms in total. The van der Waals surface area contributed by atoms with Crippen molar-refractivity contribution in [2.24, 2.45) is 0 Å². The fraction of sp³-hybridized carbons (Fsp3) is 0.923. The minimum atomic E-state index is 0.0228. The van der Waals surface area contributed by atoms with E-state index < -0.39 is 0 Å². The summed E-state index contributed by atoms with van der Waals surface area (Å²) >= 11 is 0. The fourth-order valence-corrected chi connectivity index (χ4v) is 2.22. The predicted octanol–water partition coefficient (Wildman–Crippen LogP) is 1.40. The van der Waals surface area contributed by atoms with Gasteiger partial charge < -0.3 is 15.0 Å². The molecule has 1 saturated heterocycles. The number of nitrogens with zero attached hydrogens (tertiary/aromatic N) is 1. The van der Waals surface area contributed by atoms with E-state index in [4.69, 9.17) is 4.74 Å². The minimum absolute atomic E-state index is 0.0228. The van der Waals surface area contributed by atoms with Crippen molar-refractivity contribution in [1.82, 2.24) is 10.2 Å². The molecule has 0 aromatic rings. The maximum absolute atomic E-state index is 12.4. The number of methoxy groups -OCH3 is 1. The van der Waals surface area contributed by atoms with E-state index in [0.717, 1.165) is 25.8 Å². The van der Waals surface area contributed by atoms with Crippen LogP contribution in [0.4, 0.5) is 0 Å². The molecular formula is C13H26N2O2. The first-order chi connectivity index (χ1) is 8.20. The molecule has 1 amide bonds. The second-order valence-corrected chi connectivity index (χ2v) is 4.78. The average Bonchev–Trinajstić information content (AvgIpc) is 2.39. The summed E-state index contributed by atoms with van der Waals surface area (Å²) in [4.78, 5) is 14.4. The van der Waals surface area contributed by atoms with Crippen molar-refractivity contribution < 1.29 is 9.53 Å². The Bertz CT molecular complexity index is 227. The highest BCUT2D eigenvalue weighted by Gasteiger charge is 2.27. The lowest BCUT2D eigenvalue weighted by molar-refractivity contribution is -0.136. The summed E-state index contributed by atoms with van der Waals surface area (Å²) in [6.45, 7) is 6.50. The van der Waals surface area contributed by atoms with E-state index in [1.165, 1.54) is 6.42 Å². The summed E-state index contributed by atoms with van der Waals surface area (Å²) in [5, 5.41) is 3.32. The highest BCUT2D eigenvalue weighted by molar-refractivity contribution is 5.82. The lowest BCUT2D eigenvalue weighted by atomic mass is 10.0. The second kappa shape index (κ2) is 7.67. The van der Waals surface area contributed by atoms with Crippen LogP contribution in [-0.2, 0) is 9.53 Å². The van der Waals surface area contributed by atoms with Crippen LogP contribution in [0.5, 0.6) is 0 Å². The predicted molar refractivity (Wildman–Crippen MR) is 69.0 cm³/mol. The molecule has 0 spiro atoms. The number of nitrogens with one attached hydrogen (secondary N) is 1. The van der Waals surface area contributed by atoms with Gasteiger partial charge in [-0.3, -0.25) is 4.79 Å². The standard InChI is InChI=1S/C13H26N2O2/c1-4-11(2)15(9-10-17-3)13(16)12-7-5-6-8-14-12/h11-12,14H,4-10H2,1-3H3/t11?,12-/m1/s1. The molecule has 1 N–H and O–H groups in total. The van der Waals surface area contributed by atoms with Gasteiger partial charge in [0.25, 0.3) is 0 Å². The van der Waals surface area contributed by atoms with Gasteiger partial charge in [0, 0.05) is 19.7 Å². The molecule has 0 saturated carbocycles. The average molecular weight is 242 g/mol. The molecule has 0 aliphatic carbocycles. The second-order valence-electron chi connectivity index (χ2n) is 4.78. The van der Waals surface area contributed by atoms with Gasteiger partial charge >= 0.3 is 0 Å². The van der Waals surface area contributed by atoms with Crippen molar-refractivity contribution in [2.75, 3.05) is 26.8 Å². The maximum atomic E-state index is 12.4. The first-order valence-electron chi connectivity index (χ1n) is 6.73. The normalized spacial score (nSPS) is 22.2. The molecule has 0 bridgehead atoms. The number of amides is 1. The molecule has 0 aromatic carbocycles. The van der Waals surface area contributed by atoms with Crippen molar-refractivity contribution in [1.29, 1.82) is 0 Å². The number of carbonyl (C=O) groups is 1. The van der Waals surface area contributed by atoms with Gasteiger partial charge in [-0.25, -0.2) is 0 Å². The van der Waals surface area contributed by atoms with E-state index in [1.807, 2.05) is 4.90 Å². The number of hydrogen-bond donors (Lipinski definition) is 1. The third-order valence-electron chi connectivity index (χ3n) is 3.55. The quantitative estimate of drug-likeness (QED) is 0.765. The SMILES string of the molecule is CCC(C)N(CCOC)C(=O)[C@H]1CCCCN1. The summed E-state index contributed by atoms with van der Waals surface area (Å²) < 4.78 is 5.09. The van der Waals surface area contributed by atoms with Gasteiger partial charge in [0.1, 0.15) is 0 Å². The number of ether oxygens (including phenoxy) is 1. The Kier molecular flexibility index (Phi) is 6.52. The van der Waals surface area contributed by atoms with Gasteiger partial charge in [0.15, 0.2) is 0 Å². The molecule has 1 aliphatic heterocycles. The van der Waals surface area contributed by atoms with Crippen LogP contribution in [0.15, 0.2) is 0 Å². The van der Waals surface area contributed by atoms with Gasteiger partial charge in [-0.05, 0) is 32.7 Å². The van der Waals surface area contributed by atoms with Crippen molar-refractivity contribution >= 4 is 5.91 Å². The van der Waals surface area contributed by atoms with Crippen molar-refractivity contribution in [2.45, 2.75) is 51.6 Å². The molecular weight excluding hydrogens is 216 g/mol. The van der Waals surface area contributed by atoms with Crippen LogP contribution in [0.1, 0.15) is 39.5 Å². The first kappa shape index (κ1) is 14.5. The van der Waals surface area contributed by atoms with Crippen LogP contribution in [-0.4, -0.2) is 49.7 Å². The summed E-state index contributed by atoms with van der Waals surface area (Å²) in [7, 11) is 1.68. The lowest BCUT2D eigenvalue weighted by Gasteiger charge is -2.33. The molecule has 17 heavy (non-hydrogen) atoms. The number of piperidine rings is 1. The number of carbonyl (C=O) groups excluding carboxylic acids is 1. The van der Waals surface area contributed by atoms with Crippen LogP contribution in [0, 0.1) is 0 Å². The number of hydrogen-bond acceptors (Lipinski definition) is 3.